The second kappa shape index (κ2) is 4.03. The van der Waals surface area contributed by atoms with Crippen LogP contribution in [0.15, 0.2) is 0 Å². The second-order valence-corrected chi connectivity index (χ2v) is 4.85. The van der Waals surface area contributed by atoms with E-state index in [4.69, 9.17) is 5.11 Å². The summed E-state index contributed by atoms with van der Waals surface area (Å²) in [6.45, 7) is -1.13. The lowest BCUT2D eigenvalue weighted by atomic mass is 10.2. The Labute approximate surface area is 101 Å². The quantitative estimate of drug-likeness (QED) is 0.811. The molecular formula is C10H13F3N2O3. The van der Waals surface area contributed by atoms with E-state index < -0.39 is 30.8 Å². The number of rotatable bonds is 2. The molecule has 2 fully saturated rings. The molecule has 1 aliphatic heterocycles. The SMILES string of the molecule is CN(CC(F)(F)F)C(=O)N1C[C@@H]2C[C@@H]2[C@@H]1C(=O)O. The number of hydrogen-bond acceptors (Lipinski definition) is 2. The Hall–Kier alpha value is -1.47. The van der Waals surface area contributed by atoms with Crippen LogP contribution < -0.4 is 0 Å². The molecule has 0 spiro atoms. The van der Waals surface area contributed by atoms with Crippen molar-refractivity contribution in [2.24, 2.45) is 11.8 Å². The van der Waals surface area contributed by atoms with Crippen LogP contribution in [0.4, 0.5) is 18.0 Å². The van der Waals surface area contributed by atoms with Gasteiger partial charge < -0.3 is 14.9 Å². The fraction of sp³-hybridized carbons (Fsp3) is 0.800. The summed E-state index contributed by atoms with van der Waals surface area (Å²) in [5.41, 5.74) is 0. The van der Waals surface area contributed by atoms with Crippen molar-refractivity contribution in [3.63, 3.8) is 0 Å². The van der Waals surface area contributed by atoms with Gasteiger partial charge in [-0.15, -0.1) is 0 Å². The molecule has 0 aromatic heterocycles. The number of amides is 2. The van der Waals surface area contributed by atoms with Crippen LogP contribution in [-0.4, -0.2) is 59.3 Å². The lowest BCUT2D eigenvalue weighted by Crippen LogP contribution is -2.50. The summed E-state index contributed by atoms with van der Waals surface area (Å²) in [6.07, 6.45) is -3.74. The summed E-state index contributed by atoms with van der Waals surface area (Å²) in [5, 5.41) is 9.01. The Balaban J connectivity index is 2.03. The minimum absolute atomic E-state index is 0.0919. The first kappa shape index (κ1) is 13.0. The number of halogens is 3. The van der Waals surface area contributed by atoms with Crippen molar-refractivity contribution in [2.45, 2.75) is 18.6 Å². The van der Waals surface area contributed by atoms with Gasteiger partial charge >= 0.3 is 18.2 Å². The molecule has 2 rings (SSSR count). The van der Waals surface area contributed by atoms with Crippen molar-refractivity contribution in [3.8, 4) is 0 Å². The third-order valence-corrected chi connectivity index (χ3v) is 3.39. The number of likely N-dealkylation sites (tertiary alicyclic amines) is 1. The van der Waals surface area contributed by atoms with E-state index in [0.29, 0.717) is 4.90 Å². The third-order valence-electron chi connectivity index (χ3n) is 3.39. The maximum Gasteiger partial charge on any atom is 0.406 e. The molecular weight excluding hydrogens is 253 g/mol. The van der Waals surface area contributed by atoms with Gasteiger partial charge in [-0.25, -0.2) is 9.59 Å². The van der Waals surface area contributed by atoms with Crippen molar-refractivity contribution >= 4 is 12.0 Å². The number of alkyl halides is 3. The van der Waals surface area contributed by atoms with Gasteiger partial charge in [0.05, 0.1) is 0 Å². The van der Waals surface area contributed by atoms with Crippen molar-refractivity contribution in [2.75, 3.05) is 20.1 Å². The number of fused-ring (bicyclic) bond motifs is 1. The zero-order valence-electron chi connectivity index (χ0n) is 9.65. The fourth-order valence-corrected chi connectivity index (χ4v) is 2.53. The van der Waals surface area contributed by atoms with E-state index in [-0.39, 0.29) is 18.4 Å². The third kappa shape index (κ3) is 2.37. The van der Waals surface area contributed by atoms with Crippen LogP contribution in [0.5, 0.6) is 0 Å². The first-order valence-electron chi connectivity index (χ1n) is 5.52. The summed E-state index contributed by atoms with van der Waals surface area (Å²) < 4.78 is 36.5. The first-order chi connectivity index (χ1) is 8.20. The van der Waals surface area contributed by atoms with Gasteiger partial charge in [-0.05, 0) is 18.3 Å². The highest BCUT2D eigenvalue weighted by Gasteiger charge is 2.57. The molecule has 8 heteroatoms. The molecule has 2 amide bonds. The highest BCUT2D eigenvalue weighted by molar-refractivity contribution is 5.84. The number of carbonyl (C=O) groups excluding carboxylic acids is 1. The molecule has 1 N–H and O–H groups in total. The summed E-state index contributed by atoms with van der Waals surface area (Å²) in [4.78, 5) is 24.4. The Kier molecular flexibility index (Phi) is 2.90. The average Bonchev–Trinajstić information content (AvgIpc) is 2.84. The molecule has 1 saturated carbocycles. The lowest BCUT2D eigenvalue weighted by molar-refractivity contribution is -0.143. The van der Waals surface area contributed by atoms with Crippen LogP contribution in [0.1, 0.15) is 6.42 Å². The maximum atomic E-state index is 12.2. The van der Waals surface area contributed by atoms with Crippen LogP contribution in [-0.2, 0) is 4.79 Å². The van der Waals surface area contributed by atoms with Crippen LogP contribution in [0.3, 0.4) is 0 Å². The van der Waals surface area contributed by atoms with Crippen LogP contribution in [0.25, 0.3) is 0 Å². The van der Waals surface area contributed by atoms with Gasteiger partial charge in [0, 0.05) is 13.6 Å². The smallest absolute Gasteiger partial charge is 0.406 e. The highest BCUT2D eigenvalue weighted by atomic mass is 19.4. The molecule has 102 valence electrons. The summed E-state index contributed by atoms with van der Waals surface area (Å²) >= 11 is 0. The van der Waals surface area contributed by atoms with Crippen molar-refractivity contribution in [3.05, 3.63) is 0 Å². The van der Waals surface area contributed by atoms with E-state index in [1.807, 2.05) is 0 Å². The van der Waals surface area contributed by atoms with Gasteiger partial charge in [0.2, 0.25) is 0 Å². The van der Waals surface area contributed by atoms with Crippen LogP contribution in [0.2, 0.25) is 0 Å². The number of aliphatic carboxylic acids is 1. The lowest BCUT2D eigenvalue weighted by Gasteiger charge is -2.29. The standard InChI is InChI=1S/C10H13F3N2O3/c1-14(4-10(11,12)13)9(18)15-3-5-2-6(5)7(15)8(16)17/h5-7H,2-4H2,1H3,(H,16,17)/t5-,6-,7+/m0/s1. The topological polar surface area (TPSA) is 60.9 Å². The number of urea groups is 1. The summed E-state index contributed by atoms with van der Waals surface area (Å²) in [5.74, 6) is -1.10. The van der Waals surface area contributed by atoms with Crippen molar-refractivity contribution in [1.29, 1.82) is 0 Å². The Morgan fingerprint density at radius 2 is 2.06 bits per heavy atom. The van der Waals surface area contributed by atoms with E-state index in [1.165, 1.54) is 0 Å². The molecule has 0 unspecified atom stereocenters. The van der Waals surface area contributed by atoms with Crippen LogP contribution in [0, 0.1) is 11.8 Å². The maximum absolute atomic E-state index is 12.2. The Morgan fingerprint density at radius 3 is 2.56 bits per heavy atom. The van der Waals surface area contributed by atoms with Gasteiger partial charge in [0.25, 0.3) is 0 Å². The molecule has 2 aliphatic rings. The number of nitrogens with zero attached hydrogens (tertiary/aromatic N) is 2. The first-order valence-corrected chi connectivity index (χ1v) is 5.52. The Bertz CT molecular complexity index is 385. The number of carboxylic acids is 1. The summed E-state index contributed by atoms with van der Waals surface area (Å²) in [6, 6.07) is -1.84. The molecule has 1 heterocycles. The number of carbonyl (C=O) groups is 2. The van der Waals surface area contributed by atoms with Gasteiger partial charge in [0.1, 0.15) is 12.6 Å². The van der Waals surface area contributed by atoms with Gasteiger partial charge in [-0.1, -0.05) is 0 Å². The monoisotopic (exact) mass is 266 g/mol. The van der Waals surface area contributed by atoms with Crippen LogP contribution >= 0.6 is 0 Å². The zero-order chi connectivity index (χ0) is 13.7. The van der Waals surface area contributed by atoms with Crippen molar-refractivity contribution < 1.29 is 27.9 Å². The summed E-state index contributed by atoms with van der Waals surface area (Å²) in [7, 11) is 1.03. The van der Waals surface area contributed by atoms with E-state index in [9.17, 15) is 22.8 Å². The number of hydrogen-bond donors (Lipinski definition) is 1. The van der Waals surface area contributed by atoms with Crippen molar-refractivity contribution in [1.82, 2.24) is 9.80 Å². The van der Waals surface area contributed by atoms with E-state index >= 15 is 0 Å². The minimum Gasteiger partial charge on any atom is -0.480 e. The number of carboxylic acid groups (broad SMARTS) is 1. The molecule has 5 nitrogen and oxygen atoms in total. The normalized spacial score (nSPS) is 30.0. The van der Waals surface area contributed by atoms with Gasteiger partial charge in [-0.3, -0.25) is 0 Å². The van der Waals surface area contributed by atoms with Gasteiger partial charge in [0.15, 0.2) is 0 Å². The molecule has 18 heavy (non-hydrogen) atoms. The van der Waals surface area contributed by atoms with E-state index in [0.717, 1.165) is 18.4 Å². The largest absolute Gasteiger partial charge is 0.480 e. The molecule has 1 saturated heterocycles. The van der Waals surface area contributed by atoms with Gasteiger partial charge in [-0.2, -0.15) is 13.2 Å². The fourth-order valence-electron chi connectivity index (χ4n) is 2.53. The molecule has 1 aliphatic carbocycles. The minimum atomic E-state index is -4.48. The zero-order valence-corrected chi connectivity index (χ0v) is 9.65. The number of piperidine rings is 1. The molecule has 0 aromatic rings. The average molecular weight is 266 g/mol. The molecule has 0 aromatic carbocycles. The second-order valence-electron chi connectivity index (χ2n) is 4.85. The molecule has 0 radical (unpaired) electrons. The predicted molar refractivity (Wildman–Crippen MR) is 53.8 cm³/mol. The predicted octanol–water partition coefficient (Wildman–Crippen LogP) is 1.01. The van der Waals surface area contributed by atoms with E-state index in [2.05, 4.69) is 0 Å². The highest BCUT2D eigenvalue weighted by Crippen LogP contribution is 2.49. The molecule has 0 bridgehead atoms. The van der Waals surface area contributed by atoms with E-state index in [1.54, 1.807) is 0 Å². The Morgan fingerprint density at radius 1 is 1.44 bits per heavy atom. The molecule has 3 atom stereocenters.